The molecule has 0 radical (unpaired) electrons. The first-order valence-electron chi connectivity index (χ1n) is 7.18. The third-order valence-corrected chi connectivity index (χ3v) is 3.83. The average molecular weight is 301 g/mol. The summed E-state index contributed by atoms with van der Waals surface area (Å²) < 4.78 is 5.33. The summed E-state index contributed by atoms with van der Waals surface area (Å²) in [5.41, 5.74) is 9.24. The Bertz CT molecular complexity index is 658. The van der Waals surface area contributed by atoms with Crippen LogP contribution >= 0.6 is 0 Å². The van der Waals surface area contributed by atoms with E-state index < -0.39 is 5.91 Å². The number of hydrogen-bond acceptors (Lipinski definition) is 4. The first-order chi connectivity index (χ1) is 10.7. The van der Waals surface area contributed by atoms with E-state index in [4.69, 9.17) is 10.3 Å². The van der Waals surface area contributed by atoms with E-state index >= 15 is 0 Å². The van der Waals surface area contributed by atoms with Gasteiger partial charge in [-0.3, -0.25) is 9.59 Å². The van der Waals surface area contributed by atoms with Crippen LogP contribution in [0.3, 0.4) is 0 Å². The van der Waals surface area contributed by atoms with E-state index in [2.05, 4.69) is 20.3 Å². The van der Waals surface area contributed by atoms with Crippen LogP contribution in [-0.2, 0) is 9.53 Å². The summed E-state index contributed by atoms with van der Waals surface area (Å²) in [6.45, 7) is 1.13. The molecule has 1 saturated heterocycles. The van der Waals surface area contributed by atoms with E-state index in [0.717, 1.165) is 19.3 Å². The number of rotatable bonds is 4. The van der Waals surface area contributed by atoms with Gasteiger partial charge in [-0.25, -0.2) is 4.98 Å². The van der Waals surface area contributed by atoms with Gasteiger partial charge in [0.15, 0.2) is 0 Å². The fourth-order valence-electron chi connectivity index (χ4n) is 2.48. The molecule has 0 aromatic carbocycles. The van der Waals surface area contributed by atoms with Gasteiger partial charge in [0.2, 0.25) is 5.91 Å². The minimum Gasteiger partial charge on any atom is -0.381 e. The smallest absolute Gasteiger partial charge is 0.267 e. The molecule has 1 aliphatic carbocycles. The molecule has 2 heterocycles. The highest BCUT2D eigenvalue weighted by atomic mass is 16.5. The summed E-state index contributed by atoms with van der Waals surface area (Å²) in [7, 11) is 0. The number of hydrogen-bond donors (Lipinski definition) is 1. The van der Waals surface area contributed by atoms with Crippen LogP contribution < -0.4 is 5.32 Å². The van der Waals surface area contributed by atoms with Gasteiger partial charge in [-0.05, 0) is 41.5 Å². The van der Waals surface area contributed by atoms with Crippen molar-refractivity contribution in [1.29, 1.82) is 0 Å². The molecular weight excluding hydrogens is 286 g/mol. The quantitative estimate of drug-likeness (QED) is 0.522. The molecule has 22 heavy (non-hydrogen) atoms. The molecule has 3 rings (SSSR count). The van der Waals surface area contributed by atoms with Crippen molar-refractivity contribution >= 4 is 17.6 Å². The largest absolute Gasteiger partial charge is 0.381 e. The zero-order valence-electron chi connectivity index (χ0n) is 11.9. The number of nitrogens with one attached hydrogen (secondary N) is 1. The first kappa shape index (κ1) is 14.5. The Morgan fingerprint density at radius 1 is 1.36 bits per heavy atom. The van der Waals surface area contributed by atoms with Crippen molar-refractivity contribution in [2.45, 2.75) is 25.2 Å². The van der Waals surface area contributed by atoms with Crippen LogP contribution in [0, 0.1) is 5.92 Å². The second-order valence-corrected chi connectivity index (χ2v) is 5.45. The Morgan fingerprint density at radius 2 is 2.18 bits per heavy atom. The maximum absolute atomic E-state index is 12.0. The summed E-state index contributed by atoms with van der Waals surface area (Å²) in [5, 5.41) is 5.81. The summed E-state index contributed by atoms with van der Waals surface area (Å²) >= 11 is 0. The number of nitrogens with zero attached hydrogens (tertiary/aromatic N) is 4. The lowest BCUT2D eigenvalue weighted by atomic mass is 9.96. The van der Waals surface area contributed by atoms with Crippen LogP contribution in [0.4, 0.5) is 5.82 Å². The van der Waals surface area contributed by atoms with Crippen LogP contribution in [0.15, 0.2) is 17.2 Å². The molecule has 2 aliphatic rings. The normalized spacial score (nSPS) is 20.3. The molecular formula is C14H15N5O3. The molecule has 1 saturated carbocycles. The predicted octanol–water partition coefficient (Wildman–Crippen LogP) is 2.38. The third kappa shape index (κ3) is 3.08. The van der Waals surface area contributed by atoms with E-state index in [0.29, 0.717) is 24.6 Å². The number of pyridine rings is 1. The van der Waals surface area contributed by atoms with Gasteiger partial charge < -0.3 is 10.1 Å². The van der Waals surface area contributed by atoms with Crippen LogP contribution in [-0.4, -0.2) is 30.0 Å². The fourth-order valence-corrected chi connectivity index (χ4v) is 2.48. The molecule has 1 atom stereocenters. The maximum Gasteiger partial charge on any atom is 0.267 e. The van der Waals surface area contributed by atoms with Crippen LogP contribution in [0.1, 0.15) is 41.2 Å². The number of carbonyl (C=O) groups is 2. The van der Waals surface area contributed by atoms with Crippen molar-refractivity contribution in [2.24, 2.45) is 11.0 Å². The SMILES string of the molecule is [N-]=[N+]=NC(=O)c1nc(NC(=O)C2CC2)ccc1C1CCOC1. The molecule has 1 aromatic rings. The molecule has 1 aliphatic heterocycles. The van der Waals surface area contributed by atoms with Gasteiger partial charge in [-0.1, -0.05) is 6.07 Å². The van der Waals surface area contributed by atoms with E-state index in [1.807, 2.05) is 0 Å². The number of azide groups is 1. The highest BCUT2D eigenvalue weighted by molar-refractivity contribution is 5.97. The minimum absolute atomic E-state index is 0.0426. The lowest BCUT2D eigenvalue weighted by Crippen LogP contribution is -2.17. The van der Waals surface area contributed by atoms with Crippen molar-refractivity contribution < 1.29 is 14.3 Å². The number of ether oxygens (including phenoxy) is 1. The lowest BCUT2D eigenvalue weighted by molar-refractivity contribution is -0.117. The lowest BCUT2D eigenvalue weighted by Gasteiger charge is -2.13. The monoisotopic (exact) mass is 301 g/mol. The highest BCUT2D eigenvalue weighted by Crippen LogP contribution is 2.31. The van der Waals surface area contributed by atoms with Gasteiger partial charge in [0.25, 0.3) is 5.91 Å². The summed E-state index contributed by atoms with van der Waals surface area (Å²) in [6, 6.07) is 3.41. The summed E-state index contributed by atoms with van der Waals surface area (Å²) in [4.78, 5) is 30.5. The average Bonchev–Trinajstić information content (AvgIpc) is 3.23. The molecule has 0 spiro atoms. The second-order valence-electron chi connectivity index (χ2n) is 5.45. The molecule has 1 unspecified atom stereocenters. The molecule has 1 aromatic heterocycles. The minimum atomic E-state index is -0.744. The number of carbonyl (C=O) groups excluding carboxylic acids is 2. The van der Waals surface area contributed by atoms with E-state index in [1.165, 1.54) is 0 Å². The van der Waals surface area contributed by atoms with Gasteiger partial charge in [-0.15, -0.1) is 0 Å². The van der Waals surface area contributed by atoms with Gasteiger partial charge in [0.05, 0.1) is 6.61 Å². The predicted molar refractivity (Wildman–Crippen MR) is 77.2 cm³/mol. The molecule has 0 bridgehead atoms. The van der Waals surface area contributed by atoms with Crippen LogP contribution in [0.2, 0.25) is 0 Å². The number of aromatic nitrogens is 1. The van der Waals surface area contributed by atoms with Gasteiger partial charge in [0.1, 0.15) is 11.5 Å². The van der Waals surface area contributed by atoms with Crippen molar-refractivity contribution in [3.63, 3.8) is 0 Å². The third-order valence-electron chi connectivity index (χ3n) is 3.83. The number of anilines is 1. The molecule has 2 amide bonds. The van der Waals surface area contributed by atoms with E-state index in [-0.39, 0.29) is 23.4 Å². The highest BCUT2D eigenvalue weighted by Gasteiger charge is 2.30. The standard InChI is InChI=1S/C14H15N5O3/c15-19-18-14(21)12-10(9-5-6-22-7-9)3-4-11(16-12)17-13(20)8-1-2-8/h3-4,8-9H,1-2,5-7H2,(H,16,17,20). The summed E-state index contributed by atoms with van der Waals surface area (Å²) in [5.74, 6) is -0.441. The van der Waals surface area contributed by atoms with Gasteiger partial charge >= 0.3 is 0 Å². The van der Waals surface area contributed by atoms with E-state index in [1.54, 1.807) is 12.1 Å². The fraction of sp³-hybridized carbons (Fsp3) is 0.500. The van der Waals surface area contributed by atoms with Crippen molar-refractivity contribution in [3.8, 4) is 0 Å². The molecule has 8 nitrogen and oxygen atoms in total. The van der Waals surface area contributed by atoms with Gasteiger partial charge in [0, 0.05) is 23.4 Å². The summed E-state index contributed by atoms with van der Waals surface area (Å²) in [6.07, 6.45) is 2.55. The molecule has 1 N–H and O–H groups in total. The van der Waals surface area contributed by atoms with Crippen LogP contribution in [0.25, 0.3) is 10.4 Å². The maximum atomic E-state index is 12.0. The Kier molecular flexibility index (Phi) is 4.04. The second kappa shape index (κ2) is 6.13. The molecule has 114 valence electrons. The molecule has 2 fully saturated rings. The Morgan fingerprint density at radius 3 is 2.82 bits per heavy atom. The zero-order valence-corrected chi connectivity index (χ0v) is 11.9. The topological polar surface area (TPSA) is 117 Å². The Labute approximate surface area is 126 Å². The van der Waals surface area contributed by atoms with Crippen LogP contribution in [0.5, 0.6) is 0 Å². The Balaban J connectivity index is 1.90. The van der Waals surface area contributed by atoms with Gasteiger partial charge in [-0.2, -0.15) is 0 Å². The number of amides is 2. The van der Waals surface area contributed by atoms with Crippen molar-refractivity contribution in [1.82, 2.24) is 4.98 Å². The molecule has 8 heteroatoms. The van der Waals surface area contributed by atoms with Crippen molar-refractivity contribution in [3.05, 3.63) is 33.8 Å². The zero-order chi connectivity index (χ0) is 15.5. The van der Waals surface area contributed by atoms with Crippen molar-refractivity contribution in [2.75, 3.05) is 18.5 Å². The first-order valence-corrected chi connectivity index (χ1v) is 7.18. The Hall–Kier alpha value is -2.44. The van der Waals surface area contributed by atoms with E-state index in [9.17, 15) is 9.59 Å².